The second-order valence-corrected chi connectivity index (χ2v) is 9.42. The molecule has 2 amide bonds. The zero-order valence-electron chi connectivity index (χ0n) is 18.8. The average molecular weight is 460 g/mol. The molecule has 170 valence electrons. The van der Waals surface area contributed by atoms with Crippen molar-refractivity contribution in [1.29, 1.82) is 0 Å². The van der Waals surface area contributed by atoms with Crippen LogP contribution in [0.1, 0.15) is 48.4 Å². The van der Waals surface area contributed by atoms with Crippen molar-refractivity contribution in [2.75, 3.05) is 6.26 Å². The van der Waals surface area contributed by atoms with Crippen molar-refractivity contribution in [3.05, 3.63) is 95.8 Å². The molecule has 1 aliphatic heterocycles. The van der Waals surface area contributed by atoms with E-state index in [1.165, 1.54) is 10.5 Å². The number of benzene rings is 2. The molecule has 6 heteroatoms. The van der Waals surface area contributed by atoms with Crippen LogP contribution in [0.25, 0.3) is 0 Å². The minimum absolute atomic E-state index is 0.0288. The lowest BCUT2D eigenvalue weighted by Gasteiger charge is -2.30. The number of pyridine rings is 1. The van der Waals surface area contributed by atoms with E-state index in [1.54, 1.807) is 24.2 Å². The van der Waals surface area contributed by atoms with Gasteiger partial charge >= 0.3 is 0 Å². The van der Waals surface area contributed by atoms with Crippen LogP contribution >= 0.6 is 11.8 Å². The van der Waals surface area contributed by atoms with Crippen molar-refractivity contribution in [2.24, 2.45) is 0 Å². The lowest BCUT2D eigenvalue weighted by Crippen LogP contribution is -2.44. The third kappa shape index (κ3) is 6.02. The second kappa shape index (κ2) is 10.7. The summed E-state index contributed by atoms with van der Waals surface area (Å²) < 4.78 is 0. The highest BCUT2D eigenvalue weighted by atomic mass is 32.2. The van der Waals surface area contributed by atoms with Crippen molar-refractivity contribution in [3.63, 3.8) is 0 Å². The number of nitrogens with zero attached hydrogens (tertiary/aromatic N) is 1. The smallest absolute Gasteiger partial charge is 0.220 e. The Morgan fingerprint density at radius 1 is 1.06 bits per heavy atom. The van der Waals surface area contributed by atoms with Gasteiger partial charge in [-0.3, -0.25) is 14.6 Å². The first kappa shape index (κ1) is 23.1. The number of aromatic nitrogens is 1. The molecule has 0 bridgehead atoms. The van der Waals surface area contributed by atoms with E-state index in [-0.39, 0.29) is 23.4 Å². The lowest BCUT2D eigenvalue weighted by atomic mass is 9.85. The fraction of sp³-hybridized carbons (Fsp3) is 0.296. The fourth-order valence-corrected chi connectivity index (χ4v) is 4.87. The third-order valence-electron chi connectivity index (χ3n) is 6.25. The number of amides is 2. The van der Waals surface area contributed by atoms with E-state index < -0.39 is 0 Å². The Hall–Kier alpha value is -3.12. The van der Waals surface area contributed by atoms with Gasteiger partial charge in [0.25, 0.3) is 0 Å². The van der Waals surface area contributed by atoms with Crippen LogP contribution in [0.5, 0.6) is 0 Å². The van der Waals surface area contributed by atoms with E-state index in [9.17, 15) is 9.59 Å². The highest BCUT2D eigenvalue weighted by molar-refractivity contribution is 7.98. The molecule has 0 aliphatic carbocycles. The van der Waals surface area contributed by atoms with Crippen molar-refractivity contribution in [1.82, 2.24) is 15.6 Å². The van der Waals surface area contributed by atoms with Gasteiger partial charge in [0.05, 0.1) is 6.04 Å². The Kier molecular flexibility index (Phi) is 7.45. The summed E-state index contributed by atoms with van der Waals surface area (Å²) in [7, 11) is 0. The first-order chi connectivity index (χ1) is 16.1. The van der Waals surface area contributed by atoms with Gasteiger partial charge in [0.1, 0.15) is 0 Å². The molecule has 1 saturated heterocycles. The van der Waals surface area contributed by atoms with Crippen LogP contribution < -0.4 is 10.6 Å². The third-order valence-corrected chi connectivity index (χ3v) is 6.99. The van der Waals surface area contributed by atoms with Crippen molar-refractivity contribution in [2.45, 2.75) is 48.6 Å². The molecule has 5 nitrogen and oxygen atoms in total. The van der Waals surface area contributed by atoms with Crippen molar-refractivity contribution < 1.29 is 9.59 Å². The van der Waals surface area contributed by atoms with Gasteiger partial charge in [0.15, 0.2) is 0 Å². The minimum Gasteiger partial charge on any atom is -0.350 e. The minimum atomic E-state index is -0.381. The van der Waals surface area contributed by atoms with Crippen molar-refractivity contribution >= 4 is 23.6 Å². The zero-order valence-corrected chi connectivity index (χ0v) is 19.6. The van der Waals surface area contributed by atoms with E-state index in [0.717, 1.165) is 24.0 Å². The maximum absolute atomic E-state index is 13.1. The van der Waals surface area contributed by atoms with Gasteiger partial charge in [-0.1, -0.05) is 42.5 Å². The van der Waals surface area contributed by atoms with Gasteiger partial charge in [-0.2, -0.15) is 0 Å². The molecular weight excluding hydrogens is 430 g/mol. The Balaban J connectivity index is 1.45. The second-order valence-electron chi connectivity index (χ2n) is 8.55. The van der Waals surface area contributed by atoms with Crippen LogP contribution in [-0.4, -0.2) is 28.6 Å². The molecule has 1 aliphatic rings. The molecule has 33 heavy (non-hydrogen) atoms. The van der Waals surface area contributed by atoms with Crippen LogP contribution in [0.15, 0.2) is 84.0 Å². The lowest BCUT2D eigenvalue weighted by molar-refractivity contribution is -0.123. The molecule has 2 heterocycles. The van der Waals surface area contributed by atoms with E-state index in [4.69, 9.17) is 0 Å². The normalized spacial score (nSPS) is 18.5. The van der Waals surface area contributed by atoms with Gasteiger partial charge < -0.3 is 10.6 Å². The molecule has 1 aromatic heterocycles. The predicted molar refractivity (Wildman–Crippen MR) is 132 cm³/mol. The molecule has 0 unspecified atom stereocenters. The standard InChI is InChI=1S/C27H29N3O2S/c1-33-23-9-7-20(8-10-23)19-27(16-12-25(32)30-27)15-11-24(31)29-26(21-5-3-2-4-6-21)22-13-17-28-18-14-22/h2-10,13-14,17-18,26H,11-12,15-16,19H2,1H3,(H,29,31)(H,30,32)/t26-,27-/m1/s1. The molecular formula is C27H29N3O2S. The number of nitrogens with one attached hydrogen (secondary N) is 2. The molecule has 0 spiro atoms. The summed E-state index contributed by atoms with van der Waals surface area (Å²) in [5.41, 5.74) is 2.81. The Morgan fingerprint density at radius 2 is 1.76 bits per heavy atom. The average Bonchev–Trinajstić information content (AvgIpc) is 3.23. The molecule has 1 fully saturated rings. The highest BCUT2D eigenvalue weighted by Gasteiger charge is 2.38. The Bertz CT molecular complexity index is 1030. The summed E-state index contributed by atoms with van der Waals surface area (Å²) in [5.74, 6) is 0.0361. The number of hydrogen-bond acceptors (Lipinski definition) is 4. The predicted octanol–water partition coefficient (Wildman–Crippen LogP) is 4.68. The summed E-state index contributed by atoms with van der Waals surface area (Å²) >= 11 is 1.71. The molecule has 2 aromatic carbocycles. The molecule has 3 aromatic rings. The van der Waals surface area contributed by atoms with Crippen molar-refractivity contribution in [3.8, 4) is 0 Å². The molecule has 2 atom stereocenters. The number of hydrogen-bond donors (Lipinski definition) is 2. The summed E-state index contributed by atoms with van der Waals surface area (Å²) in [6, 6.07) is 22.0. The van der Waals surface area contributed by atoms with Crippen LogP contribution in [0.4, 0.5) is 0 Å². The number of carbonyl (C=O) groups excluding carboxylic acids is 2. The van der Waals surface area contributed by atoms with Gasteiger partial charge in [-0.05, 0) is 66.5 Å². The van der Waals surface area contributed by atoms with Crippen LogP contribution in [0.2, 0.25) is 0 Å². The first-order valence-electron chi connectivity index (χ1n) is 11.3. The largest absolute Gasteiger partial charge is 0.350 e. The fourth-order valence-electron chi connectivity index (χ4n) is 4.46. The SMILES string of the molecule is CSc1ccc(C[C@@]2(CCC(=O)N[C@H](c3ccccc3)c3ccncc3)CCC(=O)N2)cc1. The maximum atomic E-state index is 13.1. The van der Waals surface area contributed by atoms with Gasteiger partial charge in [-0.25, -0.2) is 0 Å². The number of rotatable bonds is 9. The van der Waals surface area contributed by atoms with Gasteiger partial charge in [0, 0.05) is 35.7 Å². The van der Waals surface area contributed by atoms with E-state index in [1.807, 2.05) is 42.5 Å². The Morgan fingerprint density at radius 3 is 2.39 bits per heavy atom. The Labute approximate surface area is 199 Å². The summed E-state index contributed by atoms with van der Waals surface area (Å²) in [6.07, 6.45) is 8.47. The van der Waals surface area contributed by atoms with E-state index in [0.29, 0.717) is 19.3 Å². The zero-order chi connectivity index (χ0) is 23.1. The molecule has 4 rings (SSSR count). The summed E-state index contributed by atoms with van der Waals surface area (Å²) in [4.78, 5) is 30.5. The molecule has 2 N–H and O–H groups in total. The summed E-state index contributed by atoms with van der Waals surface area (Å²) in [5, 5.41) is 6.38. The molecule has 0 saturated carbocycles. The van der Waals surface area contributed by atoms with Crippen LogP contribution in [0.3, 0.4) is 0 Å². The first-order valence-corrected chi connectivity index (χ1v) is 12.5. The van der Waals surface area contributed by atoms with Gasteiger partial charge in [0.2, 0.25) is 11.8 Å². The van der Waals surface area contributed by atoms with E-state index in [2.05, 4.69) is 46.1 Å². The highest BCUT2D eigenvalue weighted by Crippen LogP contribution is 2.30. The van der Waals surface area contributed by atoms with E-state index >= 15 is 0 Å². The molecule has 0 radical (unpaired) electrons. The van der Waals surface area contributed by atoms with Crippen LogP contribution in [0, 0.1) is 0 Å². The maximum Gasteiger partial charge on any atom is 0.220 e. The number of thioether (sulfide) groups is 1. The van der Waals surface area contributed by atoms with Gasteiger partial charge in [-0.15, -0.1) is 11.8 Å². The topological polar surface area (TPSA) is 71.1 Å². The quantitative estimate of drug-likeness (QED) is 0.456. The monoisotopic (exact) mass is 459 g/mol. The van der Waals surface area contributed by atoms with Crippen LogP contribution in [-0.2, 0) is 16.0 Å². The number of carbonyl (C=O) groups is 2. The summed E-state index contributed by atoms with van der Waals surface area (Å²) in [6.45, 7) is 0.